The molecule has 5 heteroatoms. The lowest BCUT2D eigenvalue weighted by molar-refractivity contribution is -0.926. The maximum absolute atomic E-state index is 9.03. The van der Waals surface area contributed by atoms with Crippen LogP contribution in [0.1, 0.15) is 27.2 Å². The molecule has 0 bridgehead atoms. The maximum Gasteiger partial charge on any atom is 0.251 e. The van der Waals surface area contributed by atoms with Crippen LogP contribution in [-0.2, 0) is 9.47 Å². The second-order valence-electron chi connectivity index (χ2n) is 3.74. The number of carbonyl (C=O) groups is 1. The van der Waals surface area contributed by atoms with Gasteiger partial charge in [-0.25, -0.2) is 0 Å². The number of carbonyl (C=O) groups excluding carboxylic acids is 1. The quantitative estimate of drug-likeness (QED) is 0.389. The van der Waals surface area contributed by atoms with Crippen LogP contribution < -0.4 is 5.11 Å². The van der Waals surface area contributed by atoms with Crippen LogP contribution in [-0.4, -0.2) is 51.2 Å². The fourth-order valence-electron chi connectivity index (χ4n) is 1.17. The zero-order valence-corrected chi connectivity index (χ0v) is 11.1. The summed E-state index contributed by atoms with van der Waals surface area (Å²) in [7, 11) is 3.29. The van der Waals surface area contributed by atoms with Crippen molar-refractivity contribution in [3.8, 4) is 0 Å². The van der Waals surface area contributed by atoms with Crippen molar-refractivity contribution >= 4 is 6.16 Å². The van der Waals surface area contributed by atoms with E-state index in [0.717, 1.165) is 31.5 Å². The monoisotopic (exact) mass is 235 g/mol. The van der Waals surface area contributed by atoms with Crippen LogP contribution in [0.15, 0.2) is 0 Å². The molecule has 0 aliphatic carbocycles. The number of methoxy groups -OCH3 is 1. The molecule has 1 unspecified atom stereocenters. The topological polar surface area (TPSA) is 58.6 Å². The molecule has 98 valence electrons. The van der Waals surface area contributed by atoms with Crippen molar-refractivity contribution in [1.82, 2.24) is 0 Å². The average Bonchev–Trinajstić information content (AvgIpc) is 2.27. The first kappa shape index (κ1) is 17.6. The Kier molecular flexibility index (Phi) is 11.8. The summed E-state index contributed by atoms with van der Waals surface area (Å²) in [5.41, 5.74) is 0. The van der Waals surface area contributed by atoms with E-state index in [-0.39, 0.29) is 0 Å². The summed E-state index contributed by atoms with van der Waals surface area (Å²) in [4.78, 5) is 9.03. The molecule has 16 heavy (non-hydrogen) atoms. The molecular weight excluding hydrogens is 210 g/mol. The Morgan fingerprint density at radius 3 is 2.06 bits per heavy atom. The number of nitrogens with zero attached hydrogens (tertiary/aromatic N) is 1. The SMILES string of the molecule is CCC[N+](C)(CC)COCC.COC(=O)[O-]. The summed E-state index contributed by atoms with van der Waals surface area (Å²) in [6, 6.07) is 0. The predicted octanol–water partition coefficient (Wildman–Crippen LogP) is 0.833. The van der Waals surface area contributed by atoms with Crippen molar-refractivity contribution in [2.45, 2.75) is 27.2 Å². The normalized spacial score (nSPS) is 13.3. The molecule has 0 saturated heterocycles. The number of hydrogen-bond donors (Lipinski definition) is 0. The van der Waals surface area contributed by atoms with Gasteiger partial charge in [0.1, 0.15) is 0 Å². The lowest BCUT2D eigenvalue weighted by Gasteiger charge is -2.32. The fourth-order valence-corrected chi connectivity index (χ4v) is 1.17. The molecule has 0 heterocycles. The zero-order valence-electron chi connectivity index (χ0n) is 11.1. The highest BCUT2D eigenvalue weighted by atomic mass is 16.6. The number of hydrogen-bond acceptors (Lipinski definition) is 4. The Balaban J connectivity index is 0. The van der Waals surface area contributed by atoms with Crippen LogP contribution in [0.25, 0.3) is 0 Å². The summed E-state index contributed by atoms with van der Waals surface area (Å²) >= 11 is 0. The van der Waals surface area contributed by atoms with E-state index >= 15 is 0 Å². The molecule has 0 aliphatic heterocycles. The second kappa shape index (κ2) is 10.7. The van der Waals surface area contributed by atoms with E-state index in [9.17, 15) is 0 Å². The molecule has 0 radical (unpaired) electrons. The van der Waals surface area contributed by atoms with Gasteiger partial charge in [-0.05, 0) is 20.3 Å². The first-order chi connectivity index (χ1) is 7.45. The highest BCUT2D eigenvalue weighted by molar-refractivity contribution is 5.53. The fraction of sp³-hybridized carbons (Fsp3) is 0.909. The largest absolute Gasteiger partial charge is 0.553 e. The van der Waals surface area contributed by atoms with Crippen molar-refractivity contribution < 1.29 is 23.9 Å². The minimum atomic E-state index is -1.50. The van der Waals surface area contributed by atoms with E-state index in [1.165, 1.54) is 13.0 Å². The minimum absolute atomic E-state index is 0.831. The van der Waals surface area contributed by atoms with Gasteiger partial charge in [-0.15, -0.1) is 0 Å². The van der Waals surface area contributed by atoms with Gasteiger partial charge in [-0.3, -0.25) is 0 Å². The lowest BCUT2D eigenvalue weighted by atomic mass is 10.4. The summed E-state index contributed by atoms with van der Waals surface area (Å²) in [6.45, 7) is 10.6. The van der Waals surface area contributed by atoms with Gasteiger partial charge >= 0.3 is 0 Å². The third-order valence-electron chi connectivity index (χ3n) is 2.30. The standard InChI is InChI=1S/C9H22NO.C2H4O3/c1-5-8-10(4,6-2)9-11-7-3;1-5-2(3)4/h5-9H2,1-4H3;1H3,(H,3,4)/q+1;/p-1. The van der Waals surface area contributed by atoms with E-state index in [1.807, 2.05) is 6.92 Å². The summed E-state index contributed by atoms with van der Waals surface area (Å²) in [6.07, 6.45) is -0.262. The Morgan fingerprint density at radius 1 is 1.31 bits per heavy atom. The molecule has 0 rings (SSSR count). The second-order valence-corrected chi connectivity index (χ2v) is 3.74. The van der Waals surface area contributed by atoms with Crippen molar-refractivity contribution in [3.63, 3.8) is 0 Å². The molecule has 5 nitrogen and oxygen atoms in total. The first-order valence-corrected chi connectivity index (χ1v) is 5.62. The summed E-state index contributed by atoms with van der Waals surface area (Å²) in [5, 5.41) is 9.03. The molecule has 0 saturated carbocycles. The molecule has 0 fully saturated rings. The van der Waals surface area contributed by atoms with Gasteiger partial charge < -0.3 is 23.9 Å². The zero-order chi connectivity index (χ0) is 13.0. The predicted molar refractivity (Wildman–Crippen MR) is 60.8 cm³/mol. The van der Waals surface area contributed by atoms with Crippen LogP contribution >= 0.6 is 0 Å². The van der Waals surface area contributed by atoms with Crippen LogP contribution in [0.5, 0.6) is 0 Å². The van der Waals surface area contributed by atoms with Gasteiger partial charge in [0.2, 0.25) is 0 Å². The highest BCUT2D eigenvalue weighted by Gasteiger charge is 2.16. The maximum atomic E-state index is 9.03. The Labute approximate surface area is 98.5 Å². The first-order valence-electron chi connectivity index (χ1n) is 5.62. The smallest absolute Gasteiger partial charge is 0.251 e. The van der Waals surface area contributed by atoms with E-state index in [2.05, 4.69) is 25.6 Å². The van der Waals surface area contributed by atoms with E-state index < -0.39 is 6.16 Å². The number of rotatable bonds is 6. The van der Waals surface area contributed by atoms with Gasteiger partial charge in [-0.2, -0.15) is 0 Å². The molecule has 0 aliphatic rings. The van der Waals surface area contributed by atoms with Crippen molar-refractivity contribution in [1.29, 1.82) is 0 Å². The molecular formula is C11H25NO4. The van der Waals surface area contributed by atoms with E-state index in [4.69, 9.17) is 14.6 Å². The van der Waals surface area contributed by atoms with Gasteiger partial charge in [0.05, 0.1) is 20.1 Å². The molecule has 0 aromatic rings. The van der Waals surface area contributed by atoms with Gasteiger partial charge in [-0.1, -0.05) is 6.92 Å². The van der Waals surface area contributed by atoms with Crippen LogP contribution in [0.4, 0.5) is 4.79 Å². The number of carboxylic acid groups (broad SMARTS) is 1. The Bertz CT molecular complexity index is 175. The minimum Gasteiger partial charge on any atom is -0.553 e. The van der Waals surface area contributed by atoms with Crippen LogP contribution in [0, 0.1) is 0 Å². The van der Waals surface area contributed by atoms with Crippen molar-refractivity contribution in [2.75, 3.05) is 40.6 Å². The third-order valence-corrected chi connectivity index (χ3v) is 2.30. The highest BCUT2D eigenvalue weighted by Crippen LogP contribution is 2.03. The third kappa shape index (κ3) is 11.3. The van der Waals surface area contributed by atoms with Gasteiger partial charge in [0.15, 0.2) is 6.73 Å². The van der Waals surface area contributed by atoms with Crippen molar-refractivity contribution in [2.24, 2.45) is 0 Å². The van der Waals surface area contributed by atoms with Gasteiger partial charge in [0, 0.05) is 13.7 Å². The molecule has 0 amide bonds. The van der Waals surface area contributed by atoms with Crippen LogP contribution in [0.3, 0.4) is 0 Å². The molecule has 0 N–H and O–H groups in total. The summed E-state index contributed by atoms with van der Waals surface area (Å²) in [5.74, 6) is 0. The molecule has 0 aromatic carbocycles. The van der Waals surface area contributed by atoms with E-state index in [0.29, 0.717) is 0 Å². The number of quaternary nitrogens is 1. The van der Waals surface area contributed by atoms with Crippen molar-refractivity contribution in [3.05, 3.63) is 0 Å². The lowest BCUT2D eigenvalue weighted by Crippen LogP contribution is -2.46. The number of ether oxygens (including phenoxy) is 2. The van der Waals surface area contributed by atoms with Crippen LogP contribution in [0.2, 0.25) is 0 Å². The Hall–Kier alpha value is -0.810. The summed E-state index contributed by atoms with van der Waals surface area (Å²) < 4.78 is 10.0. The van der Waals surface area contributed by atoms with E-state index in [1.54, 1.807) is 0 Å². The molecule has 1 atom stereocenters. The Morgan fingerprint density at radius 2 is 1.81 bits per heavy atom. The van der Waals surface area contributed by atoms with Gasteiger partial charge in [0.25, 0.3) is 6.16 Å². The molecule has 0 aromatic heterocycles. The average molecular weight is 235 g/mol. The molecule has 0 spiro atoms.